The highest BCUT2D eigenvalue weighted by Crippen LogP contribution is 2.18. The number of nitrogens with one attached hydrogen (secondary N) is 2. The van der Waals surface area contributed by atoms with Crippen molar-refractivity contribution in [2.24, 2.45) is 4.99 Å². The van der Waals surface area contributed by atoms with E-state index in [-0.39, 0.29) is 24.0 Å². The third-order valence-corrected chi connectivity index (χ3v) is 5.07. The molecule has 0 unspecified atom stereocenters. The molecule has 0 spiro atoms. The summed E-state index contributed by atoms with van der Waals surface area (Å²) in [6, 6.07) is 14.4. The quantitative estimate of drug-likeness (QED) is 0.303. The maximum absolute atomic E-state index is 4.76. The molecule has 0 amide bonds. The molecule has 0 fully saturated rings. The molecule has 3 aromatic rings. The van der Waals surface area contributed by atoms with Crippen LogP contribution in [0.1, 0.15) is 28.8 Å². The molecule has 7 heteroatoms. The molecule has 0 saturated carbocycles. The Kier molecular flexibility index (Phi) is 8.30. The van der Waals surface area contributed by atoms with Gasteiger partial charge < -0.3 is 10.6 Å². The summed E-state index contributed by atoms with van der Waals surface area (Å²) in [6.45, 7) is 8.44. The van der Waals surface area contributed by atoms with Gasteiger partial charge in [0.15, 0.2) is 5.96 Å². The molecule has 1 aromatic carbocycles. The topological polar surface area (TPSA) is 54.2 Å². The lowest BCUT2D eigenvalue weighted by Crippen LogP contribution is -2.36. The third kappa shape index (κ3) is 5.55. The average Bonchev–Trinajstić information content (AvgIpc) is 3.27. The monoisotopic (exact) mass is 495 g/mol. The van der Waals surface area contributed by atoms with Crippen LogP contribution in [0.5, 0.6) is 0 Å². The van der Waals surface area contributed by atoms with E-state index in [2.05, 4.69) is 54.1 Å². The van der Waals surface area contributed by atoms with Gasteiger partial charge in [0, 0.05) is 22.7 Å². The number of aryl methyl sites for hydroxylation is 1. The predicted octanol–water partition coefficient (Wildman–Crippen LogP) is 4.42. The Bertz CT molecular complexity index is 856. The molecule has 0 aliphatic heterocycles. The van der Waals surface area contributed by atoms with Crippen molar-refractivity contribution in [2.45, 2.75) is 33.9 Å². The molecule has 0 bridgehead atoms. The van der Waals surface area contributed by atoms with Crippen LogP contribution in [0.15, 0.2) is 52.8 Å². The summed E-state index contributed by atoms with van der Waals surface area (Å²) in [5.74, 6) is 0.826. The van der Waals surface area contributed by atoms with Gasteiger partial charge in [-0.2, -0.15) is 5.10 Å². The van der Waals surface area contributed by atoms with E-state index < -0.39 is 0 Å². The number of hydrogen-bond donors (Lipinski definition) is 2. The van der Waals surface area contributed by atoms with Crippen molar-refractivity contribution >= 4 is 41.3 Å². The minimum atomic E-state index is 0. The molecule has 5 nitrogen and oxygen atoms in total. The number of aromatic nitrogens is 2. The van der Waals surface area contributed by atoms with Crippen LogP contribution in [-0.4, -0.2) is 22.3 Å². The van der Waals surface area contributed by atoms with Crippen LogP contribution in [-0.2, 0) is 13.1 Å². The first-order chi connectivity index (χ1) is 12.7. The molecule has 2 heterocycles. The number of para-hydroxylation sites is 1. The standard InChI is InChI=1S/C20H25N5S.HI/c1-4-21-20(22-13-18-11-8-12-26-18)23-14-19-15(2)24-25(16(19)3)17-9-6-5-7-10-17;/h5-12H,4,13-14H2,1-3H3,(H2,21,22,23);1H. The van der Waals surface area contributed by atoms with E-state index in [4.69, 9.17) is 10.1 Å². The van der Waals surface area contributed by atoms with Crippen molar-refractivity contribution in [1.82, 2.24) is 20.4 Å². The zero-order valence-corrected chi connectivity index (χ0v) is 19.0. The smallest absolute Gasteiger partial charge is 0.191 e. The van der Waals surface area contributed by atoms with E-state index >= 15 is 0 Å². The molecule has 2 aromatic heterocycles. The van der Waals surface area contributed by atoms with E-state index in [1.54, 1.807) is 11.3 Å². The highest BCUT2D eigenvalue weighted by Gasteiger charge is 2.12. The third-order valence-electron chi connectivity index (χ3n) is 4.19. The second kappa shape index (κ2) is 10.5. The lowest BCUT2D eigenvalue weighted by Gasteiger charge is -2.10. The Morgan fingerprint density at radius 3 is 2.56 bits per heavy atom. The van der Waals surface area contributed by atoms with Crippen LogP contribution in [0.2, 0.25) is 0 Å². The average molecular weight is 495 g/mol. The number of benzene rings is 1. The van der Waals surface area contributed by atoms with Crippen molar-refractivity contribution in [3.05, 3.63) is 69.7 Å². The second-order valence-electron chi connectivity index (χ2n) is 6.02. The van der Waals surface area contributed by atoms with Gasteiger partial charge in [0.1, 0.15) is 0 Å². The molecule has 0 atom stereocenters. The first-order valence-electron chi connectivity index (χ1n) is 8.84. The van der Waals surface area contributed by atoms with Crippen LogP contribution >= 0.6 is 35.3 Å². The molecule has 0 aliphatic carbocycles. The Balaban J connectivity index is 0.00000261. The Morgan fingerprint density at radius 1 is 1.11 bits per heavy atom. The summed E-state index contributed by atoms with van der Waals surface area (Å²) >= 11 is 1.74. The molecular weight excluding hydrogens is 469 g/mol. The fraction of sp³-hybridized carbons (Fsp3) is 0.300. The SMILES string of the molecule is CCNC(=NCc1c(C)nn(-c2ccccc2)c1C)NCc1cccs1.I. The van der Waals surface area contributed by atoms with Crippen LogP contribution in [0.25, 0.3) is 5.69 Å². The van der Waals surface area contributed by atoms with E-state index in [0.717, 1.165) is 36.1 Å². The lowest BCUT2D eigenvalue weighted by molar-refractivity contribution is 0.819. The number of rotatable bonds is 6. The number of halogens is 1. The maximum atomic E-state index is 4.76. The highest BCUT2D eigenvalue weighted by molar-refractivity contribution is 14.0. The number of hydrogen-bond acceptors (Lipinski definition) is 3. The molecule has 144 valence electrons. The van der Waals surface area contributed by atoms with Crippen molar-refractivity contribution in [3.63, 3.8) is 0 Å². The Labute approximate surface area is 181 Å². The van der Waals surface area contributed by atoms with Gasteiger partial charge in [0.25, 0.3) is 0 Å². The summed E-state index contributed by atoms with van der Waals surface area (Å²) in [6.07, 6.45) is 0. The predicted molar refractivity (Wildman–Crippen MR) is 124 cm³/mol. The van der Waals surface area contributed by atoms with Crippen molar-refractivity contribution in [2.75, 3.05) is 6.54 Å². The Hall–Kier alpha value is -1.87. The van der Waals surface area contributed by atoms with Gasteiger partial charge in [-0.3, -0.25) is 0 Å². The van der Waals surface area contributed by atoms with Gasteiger partial charge >= 0.3 is 0 Å². The van der Waals surface area contributed by atoms with E-state index in [9.17, 15) is 0 Å². The lowest BCUT2D eigenvalue weighted by atomic mass is 10.2. The normalized spacial score (nSPS) is 11.1. The summed E-state index contributed by atoms with van der Waals surface area (Å²) in [5, 5.41) is 13.5. The van der Waals surface area contributed by atoms with E-state index in [1.165, 1.54) is 10.4 Å². The van der Waals surface area contributed by atoms with Gasteiger partial charge in [-0.15, -0.1) is 35.3 Å². The van der Waals surface area contributed by atoms with Gasteiger partial charge in [-0.05, 0) is 44.4 Å². The first kappa shape index (κ1) is 21.4. The minimum Gasteiger partial charge on any atom is -0.357 e. The molecule has 0 saturated heterocycles. The Morgan fingerprint density at radius 2 is 1.89 bits per heavy atom. The van der Waals surface area contributed by atoms with Crippen LogP contribution in [0.3, 0.4) is 0 Å². The van der Waals surface area contributed by atoms with Crippen molar-refractivity contribution < 1.29 is 0 Å². The maximum Gasteiger partial charge on any atom is 0.191 e. The van der Waals surface area contributed by atoms with Gasteiger partial charge in [0.05, 0.1) is 24.5 Å². The van der Waals surface area contributed by atoms with Crippen LogP contribution in [0, 0.1) is 13.8 Å². The molecule has 3 rings (SSSR count). The number of nitrogens with zero attached hydrogens (tertiary/aromatic N) is 3. The molecule has 2 N–H and O–H groups in total. The second-order valence-corrected chi connectivity index (χ2v) is 7.06. The molecular formula is C20H26IN5S. The van der Waals surface area contributed by atoms with Crippen LogP contribution < -0.4 is 10.6 Å². The number of thiophene rings is 1. The molecule has 27 heavy (non-hydrogen) atoms. The fourth-order valence-electron chi connectivity index (χ4n) is 2.81. The number of guanidine groups is 1. The largest absolute Gasteiger partial charge is 0.357 e. The zero-order valence-electron chi connectivity index (χ0n) is 15.9. The summed E-state index contributed by atoms with van der Waals surface area (Å²) in [4.78, 5) is 6.05. The summed E-state index contributed by atoms with van der Waals surface area (Å²) < 4.78 is 1.99. The minimum absolute atomic E-state index is 0. The molecule has 0 radical (unpaired) electrons. The zero-order chi connectivity index (χ0) is 18.4. The van der Waals surface area contributed by atoms with E-state index in [1.807, 2.05) is 29.8 Å². The fourth-order valence-corrected chi connectivity index (χ4v) is 3.45. The highest BCUT2D eigenvalue weighted by atomic mass is 127. The van der Waals surface area contributed by atoms with Gasteiger partial charge in [0.2, 0.25) is 0 Å². The van der Waals surface area contributed by atoms with Gasteiger partial charge in [-0.1, -0.05) is 24.3 Å². The van der Waals surface area contributed by atoms with E-state index in [0.29, 0.717) is 6.54 Å². The van der Waals surface area contributed by atoms with Crippen LogP contribution in [0.4, 0.5) is 0 Å². The summed E-state index contributed by atoms with van der Waals surface area (Å²) in [7, 11) is 0. The summed E-state index contributed by atoms with van der Waals surface area (Å²) in [5.41, 5.74) is 4.39. The van der Waals surface area contributed by atoms with Gasteiger partial charge in [-0.25, -0.2) is 9.67 Å². The van der Waals surface area contributed by atoms with Crippen molar-refractivity contribution in [1.29, 1.82) is 0 Å². The first-order valence-corrected chi connectivity index (χ1v) is 9.72. The number of aliphatic imine (C=N–C) groups is 1. The van der Waals surface area contributed by atoms with Crippen molar-refractivity contribution in [3.8, 4) is 5.69 Å². The molecule has 0 aliphatic rings.